The highest BCUT2D eigenvalue weighted by molar-refractivity contribution is 6.02. The highest BCUT2D eigenvalue weighted by Gasteiger charge is 2.15. The maximum Gasteiger partial charge on any atom is 0.387 e. The Hall–Kier alpha value is -3.55. The first-order chi connectivity index (χ1) is 14.4. The summed E-state index contributed by atoms with van der Waals surface area (Å²) in [6.45, 7) is 1.11. The lowest BCUT2D eigenvalue weighted by molar-refractivity contribution is -0.0512. The second-order valence-corrected chi connectivity index (χ2v) is 6.52. The molecule has 1 N–H and O–H groups in total. The van der Waals surface area contributed by atoms with Crippen LogP contribution in [0.3, 0.4) is 0 Å². The van der Waals surface area contributed by atoms with E-state index in [2.05, 4.69) is 10.1 Å². The normalized spacial score (nSPS) is 10.7. The molecule has 30 heavy (non-hydrogen) atoms. The first-order valence-corrected chi connectivity index (χ1v) is 9.08. The van der Waals surface area contributed by atoms with Gasteiger partial charge < -0.3 is 23.9 Å². The molecule has 0 fully saturated rings. The summed E-state index contributed by atoms with van der Waals surface area (Å²) >= 11 is 0. The molecule has 0 saturated heterocycles. The average molecular weight is 417 g/mol. The quantitative estimate of drug-likeness (QED) is 0.536. The van der Waals surface area contributed by atoms with E-state index in [1.165, 1.54) is 31.4 Å². The van der Waals surface area contributed by atoms with Gasteiger partial charge in [0.2, 0.25) is 0 Å². The minimum atomic E-state index is -2.98. The number of hydrogen-bond donors (Lipinski definition) is 1. The number of furan rings is 1. The van der Waals surface area contributed by atoms with Gasteiger partial charge in [-0.15, -0.1) is 0 Å². The van der Waals surface area contributed by atoms with E-state index in [0.717, 1.165) is 16.9 Å². The van der Waals surface area contributed by atoms with Crippen LogP contribution >= 0.6 is 0 Å². The lowest BCUT2D eigenvalue weighted by Gasteiger charge is -2.11. The van der Waals surface area contributed by atoms with Gasteiger partial charge in [0.15, 0.2) is 17.3 Å². The predicted molar refractivity (Wildman–Crippen MR) is 107 cm³/mol. The number of carbonyl (C=O) groups excluding carboxylic acids is 1. The third kappa shape index (κ3) is 5.28. The van der Waals surface area contributed by atoms with Crippen LogP contribution in [0.4, 0.5) is 14.5 Å². The van der Waals surface area contributed by atoms with Crippen molar-refractivity contribution in [3.8, 4) is 17.2 Å². The number of nitrogens with one attached hydrogen (secondary N) is 1. The fourth-order valence-electron chi connectivity index (χ4n) is 2.72. The van der Waals surface area contributed by atoms with Crippen molar-refractivity contribution in [1.29, 1.82) is 0 Å². The molecule has 158 valence electrons. The Labute approximate surface area is 172 Å². The standard InChI is InChI=1S/C22H21F2NO5/c1-13-4-5-14(2)19(10-13)28-12-16-7-9-18(29-16)21(26)25-15-6-8-17(30-22(23)24)20(11-15)27-3/h4-11,22H,12H2,1-3H3,(H,25,26). The molecule has 1 aromatic heterocycles. The first-order valence-electron chi connectivity index (χ1n) is 9.08. The lowest BCUT2D eigenvalue weighted by atomic mass is 10.1. The van der Waals surface area contributed by atoms with Crippen LogP contribution in [0.15, 0.2) is 52.9 Å². The van der Waals surface area contributed by atoms with E-state index in [1.807, 2.05) is 32.0 Å². The molecule has 3 rings (SSSR count). The number of benzene rings is 2. The molecule has 0 saturated carbocycles. The number of alkyl halides is 2. The molecule has 0 aliphatic rings. The molecule has 0 radical (unpaired) electrons. The van der Waals surface area contributed by atoms with Crippen LogP contribution in [-0.4, -0.2) is 19.6 Å². The Morgan fingerprint density at radius 2 is 1.83 bits per heavy atom. The summed E-state index contributed by atoms with van der Waals surface area (Å²) in [4.78, 5) is 12.4. The average Bonchev–Trinajstić information content (AvgIpc) is 3.18. The Morgan fingerprint density at radius 3 is 2.57 bits per heavy atom. The van der Waals surface area contributed by atoms with Crippen LogP contribution in [0.25, 0.3) is 0 Å². The van der Waals surface area contributed by atoms with Gasteiger partial charge in [-0.2, -0.15) is 8.78 Å². The van der Waals surface area contributed by atoms with E-state index < -0.39 is 12.5 Å². The van der Waals surface area contributed by atoms with Crippen molar-refractivity contribution in [1.82, 2.24) is 0 Å². The number of hydrogen-bond acceptors (Lipinski definition) is 5. The van der Waals surface area contributed by atoms with E-state index in [1.54, 1.807) is 6.07 Å². The second kappa shape index (κ2) is 9.30. The van der Waals surface area contributed by atoms with Crippen LogP contribution in [-0.2, 0) is 6.61 Å². The molecular formula is C22H21F2NO5. The van der Waals surface area contributed by atoms with Gasteiger partial charge in [-0.25, -0.2) is 0 Å². The summed E-state index contributed by atoms with van der Waals surface area (Å²) in [7, 11) is 1.31. The molecule has 0 spiro atoms. The van der Waals surface area contributed by atoms with Crippen LogP contribution in [0.5, 0.6) is 17.2 Å². The molecule has 1 heterocycles. The zero-order valence-corrected chi connectivity index (χ0v) is 16.7. The predicted octanol–water partition coefficient (Wildman–Crippen LogP) is 5.34. The van der Waals surface area contributed by atoms with Crippen molar-refractivity contribution >= 4 is 11.6 Å². The monoisotopic (exact) mass is 417 g/mol. The van der Waals surface area contributed by atoms with Crippen molar-refractivity contribution in [2.75, 3.05) is 12.4 Å². The number of rotatable bonds is 8. The molecule has 1 amide bonds. The Kier molecular flexibility index (Phi) is 6.56. The number of aryl methyl sites for hydroxylation is 2. The van der Waals surface area contributed by atoms with Crippen LogP contribution < -0.4 is 19.5 Å². The Balaban J connectivity index is 1.64. The first kappa shape index (κ1) is 21.2. The number of carbonyl (C=O) groups is 1. The number of methoxy groups -OCH3 is 1. The van der Waals surface area contributed by atoms with E-state index >= 15 is 0 Å². The summed E-state index contributed by atoms with van der Waals surface area (Å²) in [6.07, 6.45) is 0. The molecule has 0 bridgehead atoms. The summed E-state index contributed by atoms with van der Waals surface area (Å²) < 4.78 is 45.5. The SMILES string of the molecule is COc1cc(NC(=O)c2ccc(COc3cc(C)ccc3C)o2)ccc1OC(F)F. The largest absolute Gasteiger partial charge is 0.493 e. The van der Waals surface area contributed by atoms with Gasteiger partial charge in [-0.1, -0.05) is 12.1 Å². The van der Waals surface area contributed by atoms with Crippen molar-refractivity contribution < 1.29 is 32.2 Å². The zero-order chi connectivity index (χ0) is 21.7. The van der Waals surface area contributed by atoms with E-state index in [9.17, 15) is 13.6 Å². The maximum absolute atomic E-state index is 12.4. The topological polar surface area (TPSA) is 69.9 Å². The molecule has 0 atom stereocenters. The lowest BCUT2D eigenvalue weighted by Crippen LogP contribution is -2.11. The summed E-state index contributed by atoms with van der Waals surface area (Å²) in [5.41, 5.74) is 2.41. The van der Waals surface area contributed by atoms with Crippen LogP contribution in [0.1, 0.15) is 27.4 Å². The number of ether oxygens (including phenoxy) is 3. The molecule has 0 aliphatic heterocycles. The van der Waals surface area contributed by atoms with Gasteiger partial charge in [0, 0.05) is 11.8 Å². The van der Waals surface area contributed by atoms with Crippen LogP contribution in [0.2, 0.25) is 0 Å². The molecule has 8 heteroatoms. The van der Waals surface area contributed by atoms with Gasteiger partial charge in [0.25, 0.3) is 5.91 Å². The van der Waals surface area contributed by atoms with E-state index in [-0.39, 0.29) is 23.9 Å². The minimum Gasteiger partial charge on any atom is -0.493 e. The summed E-state index contributed by atoms with van der Waals surface area (Å²) in [6, 6.07) is 13.2. The van der Waals surface area contributed by atoms with E-state index in [4.69, 9.17) is 13.9 Å². The third-order valence-corrected chi connectivity index (χ3v) is 4.24. The van der Waals surface area contributed by atoms with Gasteiger partial charge >= 0.3 is 6.61 Å². The van der Waals surface area contributed by atoms with Crippen molar-refractivity contribution in [2.24, 2.45) is 0 Å². The van der Waals surface area contributed by atoms with Crippen molar-refractivity contribution in [2.45, 2.75) is 27.1 Å². The summed E-state index contributed by atoms with van der Waals surface area (Å²) in [5.74, 6) is 0.749. The smallest absolute Gasteiger partial charge is 0.387 e. The second-order valence-electron chi connectivity index (χ2n) is 6.52. The Bertz CT molecular complexity index is 1030. The van der Waals surface area contributed by atoms with Gasteiger partial charge in [-0.05, 0) is 55.3 Å². The minimum absolute atomic E-state index is 0.0650. The van der Waals surface area contributed by atoms with Crippen molar-refractivity contribution in [3.05, 3.63) is 71.2 Å². The van der Waals surface area contributed by atoms with Gasteiger partial charge in [0.1, 0.15) is 18.1 Å². The molecule has 6 nitrogen and oxygen atoms in total. The van der Waals surface area contributed by atoms with Gasteiger partial charge in [-0.3, -0.25) is 4.79 Å². The highest BCUT2D eigenvalue weighted by atomic mass is 19.3. The fraction of sp³-hybridized carbons (Fsp3) is 0.227. The fourth-order valence-corrected chi connectivity index (χ4v) is 2.72. The van der Waals surface area contributed by atoms with Gasteiger partial charge in [0.05, 0.1) is 7.11 Å². The molecular weight excluding hydrogens is 396 g/mol. The Morgan fingerprint density at radius 1 is 1.03 bits per heavy atom. The maximum atomic E-state index is 12.4. The van der Waals surface area contributed by atoms with Crippen molar-refractivity contribution in [3.63, 3.8) is 0 Å². The molecule has 0 unspecified atom stereocenters. The highest BCUT2D eigenvalue weighted by Crippen LogP contribution is 2.31. The number of anilines is 1. The van der Waals surface area contributed by atoms with E-state index in [0.29, 0.717) is 11.4 Å². The summed E-state index contributed by atoms with van der Waals surface area (Å²) in [5, 5.41) is 2.62. The molecule has 2 aromatic carbocycles. The molecule has 0 aliphatic carbocycles. The molecule has 3 aromatic rings. The van der Waals surface area contributed by atoms with Crippen LogP contribution in [0, 0.1) is 13.8 Å². The number of halogens is 2. The zero-order valence-electron chi connectivity index (χ0n) is 16.7. The number of amides is 1. The third-order valence-electron chi connectivity index (χ3n) is 4.24.